The monoisotopic (exact) mass is 594 g/mol. The standard InChI is InChI=1S/C28H26ClF3N2O5S/c1-14-8-16-10-19(13-20(14)28(16,37)26(35)24-11-17(30)6-7-33-24)40(38,39)25-9-15(2-4-21(25)29)27(36)34-18-3-5-22(31)23(32)12-18/h2-7,9,11-12,14,16,19-20,26,35,37H,8,10,13H2,1H3,(H,34,36)/t14-,16?,19?,20?,26?,28+/m0/s1. The van der Waals surface area contributed by atoms with E-state index in [1.807, 2.05) is 6.92 Å². The molecule has 40 heavy (non-hydrogen) atoms. The number of hydrogen-bond acceptors (Lipinski definition) is 6. The highest BCUT2D eigenvalue weighted by Crippen LogP contribution is 2.58. The summed E-state index contributed by atoms with van der Waals surface area (Å²) in [5, 5.41) is 24.1. The lowest BCUT2D eigenvalue weighted by Gasteiger charge is -2.45. The van der Waals surface area contributed by atoms with Gasteiger partial charge in [0.15, 0.2) is 21.5 Å². The van der Waals surface area contributed by atoms with Crippen LogP contribution >= 0.6 is 11.6 Å². The summed E-state index contributed by atoms with van der Waals surface area (Å²) in [5.74, 6) is -5.01. The van der Waals surface area contributed by atoms with Crippen molar-refractivity contribution >= 4 is 33.0 Å². The predicted octanol–water partition coefficient (Wildman–Crippen LogP) is 5.08. The van der Waals surface area contributed by atoms with E-state index in [1.54, 1.807) is 0 Å². The second-order valence-electron chi connectivity index (χ2n) is 10.6. The second kappa shape index (κ2) is 10.4. The zero-order valence-electron chi connectivity index (χ0n) is 21.2. The maximum Gasteiger partial charge on any atom is 0.255 e. The van der Waals surface area contributed by atoms with Crippen molar-refractivity contribution in [3.05, 3.63) is 88.5 Å². The van der Waals surface area contributed by atoms with Gasteiger partial charge in [-0.15, -0.1) is 0 Å². The van der Waals surface area contributed by atoms with Gasteiger partial charge in [0, 0.05) is 23.5 Å². The van der Waals surface area contributed by atoms with Gasteiger partial charge in [-0.2, -0.15) is 0 Å². The smallest absolute Gasteiger partial charge is 0.255 e. The molecule has 12 heteroatoms. The maximum absolute atomic E-state index is 13.8. The van der Waals surface area contributed by atoms with Gasteiger partial charge in [-0.25, -0.2) is 21.6 Å². The molecule has 2 fully saturated rings. The van der Waals surface area contributed by atoms with Crippen LogP contribution in [0.2, 0.25) is 5.02 Å². The highest BCUT2D eigenvalue weighted by molar-refractivity contribution is 7.92. The number of nitrogens with one attached hydrogen (secondary N) is 1. The highest BCUT2D eigenvalue weighted by Gasteiger charge is 2.62. The van der Waals surface area contributed by atoms with Gasteiger partial charge in [-0.3, -0.25) is 9.78 Å². The number of sulfone groups is 1. The summed E-state index contributed by atoms with van der Waals surface area (Å²) in [6.07, 6.45) is 0.136. The van der Waals surface area contributed by atoms with Crippen molar-refractivity contribution in [3.63, 3.8) is 0 Å². The summed E-state index contributed by atoms with van der Waals surface area (Å²) >= 11 is 6.29. The molecule has 0 aliphatic heterocycles. The minimum absolute atomic E-state index is 0.00445. The van der Waals surface area contributed by atoms with Gasteiger partial charge in [0.1, 0.15) is 17.5 Å². The van der Waals surface area contributed by atoms with E-state index in [1.165, 1.54) is 18.3 Å². The molecule has 1 amide bonds. The Balaban J connectivity index is 1.41. The van der Waals surface area contributed by atoms with Gasteiger partial charge in [-0.05, 0) is 79.5 Å². The summed E-state index contributed by atoms with van der Waals surface area (Å²) in [5.41, 5.74) is -1.83. The summed E-state index contributed by atoms with van der Waals surface area (Å²) in [4.78, 5) is 16.5. The molecule has 0 radical (unpaired) electrons. The fourth-order valence-electron chi connectivity index (χ4n) is 6.27. The Morgan fingerprint density at radius 3 is 2.50 bits per heavy atom. The van der Waals surface area contributed by atoms with E-state index in [4.69, 9.17) is 11.6 Å². The van der Waals surface area contributed by atoms with Crippen LogP contribution in [0.5, 0.6) is 0 Å². The number of aromatic nitrogens is 1. The lowest BCUT2D eigenvalue weighted by molar-refractivity contribution is -0.149. The van der Waals surface area contributed by atoms with Crippen LogP contribution in [0.25, 0.3) is 0 Å². The number of halogens is 4. The first-order valence-corrected chi connectivity index (χ1v) is 14.6. The van der Waals surface area contributed by atoms with Crippen molar-refractivity contribution < 1.29 is 36.6 Å². The molecule has 5 rings (SSSR count). The molecule has 3 aromatic rings. The van der Waals surface area contributed by atoms with Crippen LogP contribution in [0.3, 0.4) is 0 Å². The van der Waals surface area contributed by atoms with Gasteiger partial charge >= 0.3 is 0 Å². The van der Waals surface area contributed by atoms with Crippen molar-refractivity contribution in [1.82, 2.24) is 4.98 Å². The van der Waals surface area contributed by atoms with Crippen molar-refractivity contribution in [3.8, 4) is 0 Å². The summed E-state index contributed by atoms with van der Waals surface area (Å²) < 4.78 is 68.2. The first-order chi connectivity index (χ1) is 18.8. The third kappa shape index (κ3) is 4.89. The molecule has 2 aliphatic carbocycles. The van der Waals surface area contributed by atoms with E-state index < -0.39 is 62.0 Å². The first kappa shape index (κ1) is 28.5. The van der Waals surface area contributed by atoms with Crippen LogP contribution in [-0.4, -0.2) is 40.4 Å². The number of aliphatic hydroxyl groups excluding tert-OH is 1. The maximum atomic E-state index is 13.8. The number of anilines is 1. The number of rotatable bonds is 6. The third-order valence-corrected chi connectivity index (χ3v) is 10.9. The summed E-state index contributed by atoms with van der Waals surface area (Å²) in [7, 11) is -4.12. The molecule has 2 bridgehead atoms. The molecule has 4 unspecified atom stereocenters. The zero-order valence-corrected chi connectivity index (χ0v) is 22.8. The van der Waals surface area contributed by atoms with Crippen molar-refractivity contribution in [2.24, 2.45) is 17.8 Å². The van der Waals surface area contributed by atoms with Crippen LogP contribution < -0.4 is 5.32 Å². The fraction of sp³-hybridized carbons (Fsp3) is 0.357. The normalized spacial score (nSPS) is 26.9. The second-order valence-corrected chi connectivity index (χ2v) is 13.2. The van der Waals surface area contributed by atoms with E-state index in [0.29, 0.717) is 6.42 Å². The number of aliphatic hydroxyl groups is 2. The van der Waals surface area contributed by atoms with Crippen LogP contribution in [0.1, 0.15) is 48.3 Å². The van der Waals surface area contributed by atoms with Crippen molar-refractivity contribution in [1.29, 1.82) is 0 Å². The third-order valence-electron chi connectivity index (χ3n) is 8.23. The SMILES string of the molecule is C[C@H]1CC2CC(S(=O)(=O)c3cc(C(=O)Nc4ccc(F)c(F)c4)ccc3Cl)CC1[C@@]2(O)C(O)c1cc(F)ccn1. The Hall–Kier alpha value is -2.99. The lowest BCUT2D eigenvalue weighted by atomic mass is 9.69. The van der Waals surface area contributed by atoms with Crippen LogP contribution in [-0.2, 0) is 9.84 Å². The Kier molecular flexibility index (Phi) is 7.45. The molecular formula is C28H26ClF3N2O5S. The molecule has 7 nitrogen and oxygen atoms in total. The number of nitrogens with zero attached hydrogens (tertiary/aromatic N) is 1. The van der Waals surface area contributed by atoms with E-state index >= 15 is 0 Å². The number of amides is 1. The van der Waals surface area contributed by atoms with Gasteiger partial charge in [-0.1, -0.05) is 18.5 Å². The molecule has 212 valence electrons. The number of carbonyl (C=O) groups is 1. The molecule has 0 saturated heterocycles. The van der Waals surface area contributed by atoms with Crippen LogP contribution in [0.15, 0.2) is 59.6 Å². The molecule has 2 aliphatic rings. The predicted molar refractivity (Wildman–Crippen MR) is 141 cm³/mol. The molecule has 1 aromatic heterocycles. The minimum atomic E-state index is -4.12. The number of carbonyl (C=O) groups excluding carboxylic acids is 1. The van der Waals surface area contributed by atoms with Gasteiger partial charge < -0.3 is 15.5 Å². The quantitative estimate of drug-likeness (QED) is 0.367. The Morgan fingerprint density at radius 1 is 1.07 bits per heavy atom. The molecule has 2 saturated carbocycles. The zero-order chi connectivity index (χ0) is 29.0. The molecule has 0 spiro atoms. The summed E-state index contributed by atoms with van der Waals surface area (Å²) in [6, 6.07) is 8.69. The van der Waals surface area contributed by atoms with Gasteiger partial charge in [0.05, 0.1) is 20.9 Å². The molecule has 3 N–H and O–H groups in total. The largest absolute Gasteiger partial charge is 0.386 e. The number of benzene rings is 2. The Labute approximate surface area is 233 Å². The number of fused-ring (bicyclic) bond motifs is 2. The van der Waals surface area contributed by atoms with E-state index in [-0.39, 0.29) is 45.6 Å². The van der Waals surface area contributed by atoms with Crippen LogP contribution in [0.4, 0.5) is 18.9 Å². The number of pyridine rings is 1. The molecule has 6 atom stereocenters. The topological polar surface area (TPSA) is 117 Å². The van der Waals surface area contributed by atoms with E-state index in [2.05, 4.69) is 10.3 Å². The average molecular weight is 595 g/mol. The van der Waals surface area contributed by atoms with E-state index in [0.717, 1.165) is 36.4 Å². The summed E-state index contributed by atoms with van der Waals surface area (Å²) in [6.45, 7) is 1.87. The van der Waals surface area contributed by atoms with Crippen molar-refractivity contribution in [2.75, 3.05) is 5.32 Å². The first-order valence-electron chi connectivity index (χ1n) is 12.6. The Bertz CT molecular complexity index is 1590. The molecule has 1 heterocycles. The van der Waals surface area contributed by atoms with Gasteiger partial charge in [0.2, 0.25) is 0 Å². The van der Waals surface area contributed by atoms with Crippen molar-refractivity contribution in [2.45, 2.75) is 48.0 Å². The lowest BCUT2D eigenvalue weighted by Crippen LogP contribution is -2.52. The average Bonchev–Trinajstić information content (AvgIpc) is 3.02. The van der Waals surface area contributed by atoms with Crippen LogP contribution in [0, 0.1) is 35.2 Å². The fourth-order valence-corrected chi connectivity index (χ4v) is 8.65. The Morgan fingerprint density at radius 2 is 1.82 bits per heavy atom. The molecular weight excluding hydrogens is 569 g/mol. The number of hydrogen-bond donors (Lipinski definition) is 3. The van der Waals surface area contributed by atoms with E-state index in [9.17, 15) is 36.6 Å². The van der Waals surface area contributed by atoms with Gasteiger partial charge in [0.25, 0.3) is 5.91 Å². The minimum Gasteiger partial charge on any atom is -0.386 e. The highest BCUT2D eigenvalue weighted by atomic mass is 35.5. The molecule has 2 aromatic carbocycles.